The summed E-state index contributed by atoms with van der Waals surface area (Å²) in [4.78, 5) is 4.36. The molecule has 0 spiro atoms. The molecule has 3 rings (SSSR count). The minimum Gasteiger partial charge on any atom is -0.475 e. The summed E-state index contributed by atoms with van der Waals surface area (Å²) in [7, 11) is 0. The van der Waals surface area contributed by atoms with Crippen molar-refractivity contribution in [2.75, 3.05) is 19.6 Å². The summed E-state index contributed by atoms with van der Waals surface area (Å²) in [5, 5.41) is 3.23. The molecule has 2 aliphatic heterocycles. The van der Waals surface area contributed by atoms with Crippen LogP contribution in [0.25, 0.3) is 0 Å². The number of halogens is 3. The summed E-state index contributed by atoms with van der Waals surface area (Å²) in [5.41, 5.74) is -0.305. The van der Waals surface area contributed by atoms with Crippen LogP contribution in [0.15, 0.2) is 29.3 Å². The molecule has 1 aromatic rings. The van der Waals surface area contributed by atoms with Crippen molar-refractivity contribution in [1.29, 1.82) is 0 Å². The van der Waals surface area contributed by atoms with Crippen LogP contribution in [0, 0.1) is 5.92 Å². The Kier molecular flexibility index (Phi) is 3.89. The van der Waals surface area contributed by atoms with Crippen molar-refractivity contribution < 1.29 is 17.9 Å². The predicted octanol–water partition coefficient (Wildman–Crippen LogP) is 2.65. The molecule has 0 amide bonds. The molecule has 1 N–H and O–H groups in total. The largest absolute Gasteiger partial charge is 0.475 e. The van der Waals surface area contributed by atoms with Gasteiger partial charge in [-0.3, -0.25) is 4.99 Å². The van der Waals surface area contributed by atoms with E-state index in [0.717, 1.165) is 25.6 Å². The monoisotopic (exact) mass is 298 g/mol. The van der Waals surface area contributed by atoms with Crippen molar-refractivity contribution in [2.45, 2.75) is 25.1 Å². The second-order valence-electron chi connectivity index (χ2n) is 5.47. The molecule has 2 heterocycles. The first-order valence-corrected chi connectivity index (χ1v) is 7.11. The van der Waals surface area contributed by atoms with Crippen molar-refractivity contribution >= 4 is 5.90 Å². The highest BCUT2D eigenvalue weighted by atomic mass is 19.4. The quantitative estimate of drug-likeness (QED) is 0.931. The topological polar surface area (TPSA) is 33.6 Å². The molecular formula is C15H17F3N2O. The molecule has 0 radical (unpaired) electrons. The molecular weight excluding hydrogens is 281 g/mol. The fraction of sp³-hybridized carbons (Fsp3) is 0.533. The van der Waals surface area contributed by atoms with Crippen LogP contribution in [0.4, 0.5) is 13.2 Å². The lowest BCUT2D eigenvalue weighted by atomic mass is 10.0. The van der Waals surface area contributed by atoms with Crippen LogP contribution in [0.1, 0.15) is 17.5 Å². The van der Waals surface area contributed by atoms with E-state index in [1.165, 1.54) is 12.1 Å². The fourth-order valence-corrected chi connectivity index (χ4v) is 2.85. The summed E-state index contributed by atoms with van der Waals surface area (Å²) >= 11 is 0. The Bertz CT molecular complexity index is 536. The highest BCUT2D eigenvalue weighted by molar-refractivity contribution is 5.80. The Morgan fingerprint density at radius 2 is 2.10 bits per heavy atom. The van der Waals surface area contributed by atoms with Crippen LogP contribution in [0.3, 0.4) is 0 Å². The normalized spacial score (nSPS) is 25.8. The van der Waals surface area contributed by atoms with Gasteiger partial charge in [-0.2, -0.15) is 13.2 Å². The molecule has 1 saturated heterocycles. The first-order chi connectivity index (χ1) is 10.0. The third-order valence-electron chi connectivity index (χ3n) is 3.92. The summed E-state index contributed by atoms with van der Waals surface area (Å²) in [6.45, 7) is 2.22. The van der Waals surface area contributed by atoms with Crippen LogP contribution in [0.5, 0.6) is 0 Å². The van der Waals surface area contributed by atoms with Crippen molar-refractivity contribution in [1.82, 2.24) is 5.32 Å². The van der Waals surface area contributed by atoms with Gasteiger partial charge in [-0.25, -0.2) is 0 Å². The Labute approximate surface area is 121 Å². The lowest BCUT2D eigenvalue weighted by molar-refractivity contribution is -0.138. The molecule has 0 bridgehead atoms. The number of aliphatic imine (C=N–C) groups is 1. The molecule has 114 valence electrons. The second-order valence-corrected chi connectivity index (χ2v) is 5.47. The third kappa shape index (κ3) is 3.20. The molecule has 2 aliphatic rings. The molecule has 2 atom stereocenters. The number of benzene rings is 1. The van der Waals surface area contributed by atoms with Crippen molar-refractivity contribution in [3.63, 3.8) is 0 Å². The molecule has 0 aliphatic carbocycles. The van der Waals surface area contributed by atoms with Gasteiger partial charge in [0.2, 0.25) is 0 Å². The van der Waals surface area contributed by atoms with Crippen LogP contribution in [-0.4, -0.2) is 31.6 Å². The van der Waals surface area contributed by atoms with Gasteiger partial charge in [0, 0.05) is 18.9 Å². The standard InChI is InChI=1S/C15H17F3N2O/c16-15(17,18)13-4-2-1-3-10(13)7-12-9-20-14(21-12)11-5-6-19-8-11/h1-4,11-12,19H,5-9H2. The fourth-order valence-electron chi connectivity index (χ4n) is 2.85. The maximum Gasteiger partial charge on any atom is 0.416 e. The first-order valence-electron chi connectivity index (χ1n) is 7.11. The van der Waals surface area contributed by atoms with Gasteiger partial charge >= 0.3 is 6.18 Å². The van der Waals surface area contributed by atoms with E-state index in [4.69, 9.17) is 4.74 Å². The molecule has 21 heavy (non-hydrogen) atoms. The van der Waals surface area contributed by atoms with Gasteiger partial charge in [-0.05, 0) is 24.6 Å². The molecule has 0 aromatic heterocycles. The Hall–Kier alpha value is -1.56. The number of ether oxygens (including phenoxy) is 1. The second kappa shape index (κ2) is 5.67. The van der Waals surface area contributed by atoms with Gasteiger partial charge in [0.1, 0.15) is 6.10 Å². The van der Waals surface area contributed by atoms with Crippen LogP contribution in [0.2, 0.25) is 0 Å². The van der Waals surface area contributed by atoms with Gasteiger partial charge < -0.3 is 10.1 Å². The maximum atomic E-state index is 13.0. The minimum absolute atomic E-state index is 0.239. The molecule has 6 heteroatoms. The van der Waals surface area contributed by atoms with E-state index in [-0.39, 0.29) is 24.0 Å². The van der Waals surface area contributed by atoms with Gasteiger partial charge in [0.25, 0.3) is 0 Å². The van der Waals surface area contributed by atoms with E-state index >= 15 is 0 Å². The van der Waals surface area contributed by atoms with E-state index in [0.29, 0.717) is 12.4 Å². The Balaban J connectivity index is 1.66. The number of rotatable bonds is 3. The summed E-state index contributed by atoms with van der Waals surface area (Å²) < 4.78 is 44.7. The number of alkyl halides is 3. The smallest absolute Gasteiger partial charge is 0.416 e. The molecule has 2 unspecified atom stereocenters. The Morgan fingerprint density at radius 1 is 1.29 bits per heavy atom. The zero-order valence-electron chi connectivity index (χ0n) is 11.5. The van der Waals surface area contributed by atoms with Crippen LogP contribution < -0.4 is 5.32 Å². The minimum atomic E-state index is -4.33. The van der Waals surface area contributed by atoms with Crippen molar-refractivity contribution in [3.8, 4) is 0 Å². The van der Waals surface area contributed by atoms with Crippen LogP contribution in [-0.2, 0) is 17.3 Å². The van der Waals surface area contributed by atoms with Gasteiger partial charge in [0.15, 0.2) is 5.90 Å². The zero-order valence-corrected chi connectivity index (χ0v) is 11.5. The van der Waals surface area contributed by atoms with Crippen molar-refractivity contribution in [3.05, 3.63) is 35.4 Å². The molecule has 0 saturated carbocycles. The highest BCUT2D eigenvalue weighted by Gasteiger charge is 2.35. The SMILES string of the molecule is FC(F)(F)c1ccccc1CC1CN=C(C2CCNC2)O1. The molecule has 1 fully saturated rings. The summed E-state index contributed by atoms with van der Waals surface area (Å²) in [6, 6.07) is 5.67. The van der Waals surface area contributed by atoms with Gasteiger partial charge in [0.05, 0.1) is 12.1 Å². The number of nitrogens with one attached hydrogen (secondary N) is 1. The number of nitrogens with zero attached hydrogens (tertiary/aromatic N) is 1. The summed E-state index contributed by atoms with van der Waals surface area (Å²) in [6.07, 6.45) is -3.40. The highest BCUT2D eigenvalue weighted by Crippen LogP contribution is 2.33. The molecule has 1 aromatic carbocycles. The zero-order chi connectivity index (χ0) is 14.9. The average Bonchev–Trinajstić information content (AvgIpc) is 3.08. The number of hydrogen-bond donors (Lipinski definition) is 1. The lowest BCUT2D eigenvalue weighted by Crippen LogP contribution is -2.23. The van der Waals surface area contributed by atoms with E-state index in [9.17, 15) is 13.2 Å². The summed E-state index contributed by atoms with van der Waals surface area (Å²) in [5.74, 6) is 0.974. The van der Waals surface area contributed by atoms with E-state index in [2.05, 4.69) is 10.3 Å². The predicted molar refractivity (Wildman–Crippen MR) is 73.3 cm³/mol. The van der Waals surface area contributed by atoms with E-state index < -0.39 is 11.7 Å². The van der Waals surface area contributed by atoms with E-state index in [1.807, 2.05) is 0 Å². The third-order valence-corrected chi connectivity index (χ3v) is 3.92. The lowest BCUT2D eigenvalue weighted by Gasteiger charge is -2.17. The van der Waals surface area contributed by atoms with E-state index in [1.54, 1.807) is 6.07 Å². The molecule has 3 nitrogen and oxygen atoms in total. The van der Waals surface area contributed by atoms with Gasteiger partial charge in [-0.15, -0.1) is 0 Å². The van der Waals surface area contributed by atoms with Crippen molar-refractivity contribution in [2.24, 2.45) is 10.9 Å². The number of hydrogen-bond acceptors (Lipinski definition) is 3. The maximum absolute atomic E-state index is 13.0. The first kappa shape index (κ1) is 14.4. The Morgan fingerprint density at radius 3 is 2.81 bits per heavy atom. The van der Waals surface area contributed by atoms with Gasteiger partial charge in [-0.1, -0.05) is 18.2 Å². The van der Waals surface area contributed by atoms with Crippen LogP contribution >= 0.6 is 0 Å². The average molecular weight is 298 g/mol.